The quantitative estimate of drug-likeness (QED) is 0.762. The molecule has 16 heavy (non-hydrogen) atoms. The first-order chi connectivity index (χ1) is 7.52. The van der Waals surface area contributed by atoms with E-state index in [1.165, 1.54) is 17.2 Å². The summed E-state index contributed by atoms with van der Waals surface area (Å²) in [4.78, 5) is 16.8. The fourth-order valence-corrected chi connectivity index (χ4v) is 1.32. The molecular weight excluding hydrogens is 231 g/mol. The summed E-state index contributed by atoms with van der Waals surface area (Å²) in [7, 11) is 1.63. The Kier molecular flexibility index (Phi) is 4.68. The lowest BCUT2D eigenvalue weighted by Crippen LogP contribution is -2.29. The molecule has 0 aliphatic rings. The molecule has 5 heteroatoms. The first-order valence-corrected chi connectivity index (χ1v) is 5.45. The van der Waals surface area contributed by atoms with Crippen LogP contribution in [0.1, 0.15) is 23.7 Å². The molecule has 0 aliphatic heterocycles. The number of aromatic nitrogens is 1. The number of pyridine rings is 1. The van der Waals surface area contributed by atoms with Gasteiger partial charge in [0, 0.05) is 25.2 Å². The van der Waals surface area contributed by atoms with Crippen LogP contribution in [0.15, 0.2) is 18.5 Å². The molecule has 1 heterocycles. The van der Waals surface area contributed by atoms with Crippen molar-refractivity contribution in [1.82, 2.24) is 9.88 Å². The van der Waals surface area contributed by atoms with Gasteiger partial charge in [-0.1, -0.05) is 0 Å². The average molecular weight is 245 g/mol. The minimum atomic E-state index is -0.599. The topological polar surface area (TPSA) is 33.2 Å². The van der Waals surface area contributed by atoms with Crippen LogP contribution in [0.2, 0.25) is 0 Å². The summed E-state index contributed by atoms with van der Waals surface area (Å²) in [5.41, 5.74) is 0.0414. The van der Waals surface area contributed by atoms with Crippen molar-refractivity contribution in [3.8, 4) is 0 Å². The van der Waals surface area contributed by atoms with Gasteiger partial charge in [0.25, 0.3) is 5.91 Å². The molecule has 0 bridgehead atoms. The second-order valence-electron chi connectivity index (χ2n) is 3.65. The van der Waals surface area contributed by atoms with Gasteiger partial charge < -0.3 is 4.90 Å². The predicted octanol–water partition coefficient (Wildman–Crippen LogP) is 2.31. The number of carbonyl (C=O) groups excluding carboxylic acids is 1. The van der Waals surface area contributed by atoms with Gasteiger partial charge in [0.2, 0.25) is 0 Å². The van der Waals surface area contributed by atoms with Crippen molar-refractivity contribution in [3.63, 3.8) is 0 Å². The molecule has 1 atom stereocenters. The Hall–Kier alpha value is -1.16. The SMILES string of the molecule is CC(Cl)CCN(C)C(=O)c1ccncc1F. The maximum Gasteiger partial charge on any atom is 0.256 e. The molecule has 1 rings (SSSR count). The molecule has 3 nitrogen and oxygen atoms in total. The number of rotatable bonds is 4. The molecule has 1 aromatic heterocycles. The standard InChI is InChI=1S/C11H14ClFN2O/c1-8(12)4-6-15(2)11(16)9-3-5-14-7-10(9)13/h3,5,7-8H,4,6H2,1-2H3. The van der Waals surface area contributed by atoms with E-state index in [0.29, 0.717) is 13.0 Å². The molecule has 0 fully saturated rings. The van der Waals surface area contributed by atoms with Crippen LogP contribution in [0, 0.1) is 5.82 Å². The molecule has 0 aliphatic carbocycles. The molecule has 1 amide bonds. The molecule has 88 valence electrons. The van der Waals surface area contributed by atoms with Gasteiger partial charge in [0.1, 0.15) is 0 Å². The first-order valence-electron chi connectivity index (χ1n) is 5.01. The highest BCUT2D eigenvalue weighted by molar-refractivity contribution is 6.20. The van der Waals surface area contributed by atoms with E-state index in [-0.39, 0.29) is 16.8 Å². The van der Waals surface area contributed by atoms with Gasteiger partial charge in [-0.3, -0.25) is 9.78 Å². The van der Waals surface area contributed by atoms with E-state index in [9.17, 15) is 9.18 Å². The summed E-state index contributed by atoms with van der Waals surface area (Å²) in [6, 6.07) is 1.37. The normalized spacial score (nSPS) is 12.2. The lowest BCUT2D eigenvalue weighted by Gasteiger charge is -2.17. The van der Waals surface area contributed by atoms with Gasteiger partial charge in [0.15, 0.2) is 5.82 Å². The fourth-order valence-electron chi connectivity index (χ4n) is 1.23. The highest BCUT2D eigenvalue weighted by Crippen LogP contribution is 2.09. The zero-order valence-corrected chi connectivity index (χ0v) is 10.0. The Bertz CT molecular complexity index is 371. The molecule has 0 radical (unpaired) electrons. The Morgan fingerprint density at radius 1 is 1.69 bits per heavy atom. The van der Waals surface area contributed by atoms with Crippen LogP contribution in [-0.4, -0.2) is 34.8 Å². The lowest BCUT2D eigenvalue weighted by molar-refractivity contribution is 0.0789. The van der Waals surface area contributed by atoms with Crippen molar-refractivity contribution in [2.45, 2.75) is 18.7 Å². The van der Waals surface area contributed by atoms with Gasteiger partial charge >= 0.3 is 0 Å². The molecule has 0 aromatic carbocycles. The number of alkyl halides is 1. The second-order valence-corrected chi connectivity index (χ2v) is 4.40. The Morgan fingerprint density at radius 3 is 2.94 bits per heavy atom. The van der Waals surface area contributed by atoms with E-state index in [2.05, 4.69) is 4.98 Å². The van der Waals surface area contributed by atoms with E-state index in [1.807, 2.05) is 6.92 Å². The van der Waals surface area contributed by atoms with Crippen LogP contribution in [-0.2, 0) is 0 Å². The maximum atomic E-state index is 13.3. The summed E-state index contributed by atoms with van der Waals surface area (Å²) in [5, 5.41) is -0.00228. The van der Waals surface area contributed by atoms with E-state index in [4.69, 9.17) is 11.6 Å². The van der Waals surface area contributed by atoms with Crippen molar-refractivity contribution < 1.29 is 9.18 Å². The highest BCUT2D eigenvalue weighted by Gasteiger charge is 2.15. The Balaban J connectivity index is 2.67. The summed E-state index contributed by atoms with van der Waals surface area (Å²) in [5.74, 6) is -0.949. The molecule has 0 spiro atoms. The third kappa shape index (κ3) is 3.45. The van der Waals surface area contributed by atoms with Crippen molar-refractivity contribution in [1.29, 1.82) is 0 Å². The monoisotopic (exact) mass is 244 g/mol. The fraction of sp³-hybridized carbons (Fsp3) is 0.455. The van der Waals surface area contributed by atoms with Crippen LogP contribution >= 0.6 is 11.6 Å². The maximum absolute atomic E-state index is 13.3. The van der Waals surface area contributed by atoms with Crippen molar-refractivity contribution >= 4 is 17.5 Å². The Morgan fingerprint density at radius 2 is 2.38 bits per heavy atom. The third-order valence-electron chi connectivity index (χ3n) is 2.21. The Labute approximate surface area is 99.2 Å². The highest BCUT2D eigenvalue weighted by atomic mass is 35.5. The van der Waals surface area contributed by atoms with Gasteiger partial charge in [-0.25, -0.2) is 4.39 Å². The van der Waals surface area contributed by atoms with E-state index >= 15 is 0 Å². The number of amides is 1. The van der Waals surface area contributed by atoms with Gasteiger partial charge in [-0.15, -0.1) is 11.6 Å². The number of hydrogen-bond acceptors (Lipinski definition) is 2. The zero-order chi connectivity index (χ0) is 12.1. The largest absolute Gasteiger partial charge is 0.342 e. The van der Waals surface area contributed by atoms with Crippen LogP contribution in [0.4, 0.5) is 4.39 Å². The van der Waals surface area contributed by atoms with E-state index in [0.717, 1.165) is 6.20 Å². The first kappa shape index (κ1) is 12.9. The summed E-state index contributed by atoms with van der Waals surface area (Å²) in [6.45, 7) is 2.36. The van der Waals surface area contributed by atoms with Crippen molar-refractivity contribution in [3.05, 3.63) is 29.8 Å². The molecule has 0 saturated carbocycles. The van der Waals surface area contributed by atoms with Crippen LogP contribution in [0.25, 0.3) is 0 Å². The van der Waals surface area contributed by atoms with Gasteiger partial charge in [-0.05, 0) is 19.4 Å². The molecule has 1 unspecified atom stereocenters. The number of nitrogens with zero attached hydrogens (tertiary/aromatic N) is 2. The van der Waals surface area contributed by atoms with Gasteiger partial charge in [0.05, 0.1) is 11.8 Å². The number of halogens is 2. The second kappa shape index (κ2) is 5.80. The van der Waals surface area contributed by atoms with Crippen molar-refractivity contribution in [2.24, 2.45) is 0 Å². The number of hydrogen-bond donors (Lipinski definition) is 0. The minimum Gasteiger partial charge on any atom is -0.342 e. The zero-order valence-electron chi connectivity index (χ0n) is 9.28. The van der Waals surface area contributed by atoms with E-state index < -0.39 is 5.82 Å². The molecular formula is C11H14ClFN2O. The van der Waals surface area contributed by atoms with Gasteiger partial charge in [-0.2, -0.15) is 0 Å². The van der Waals surface area contributed by atoms with Crippen LogP contribution < -0.4 is 0 Å². The lowest BCUT2D eigenvalue weighted by atomic mass is 10.2. The minimum absolute atomic E-state index is 0.00228. The number of carbonyl (C=O) groups is 1. The molecule has 0 saturated heterocycles. The predicted molar refractivity (Wildman–Crippen MR) is 61.1 cm³/mol. The molecule has 1 aromatic rings. The molecule has 0 N–H and O–H groups in total. The summed E-state index contributed by atoms with van der Waals surface area (Å²) in [6.07, 6.45) is 3.11. The van der Waals surface area contributed by atoms with Crippen LogP contribution in [0.3, 0.4) is 0 Å². The smallest absolute Gasteiger partial charge is 0.256 e. The summed E-state index contributed by atoms with van der Waals surface area (Å²) >= 11 is 5.78. The third-order valence-corrected chi connectivity index (χ3v) is 2.43. The van der Waals surface area contributed by atoms with Crippen molar-refractivity contribution in [2.75, 3.05) is 13.6 Å². The average Bonchev–Trinajstić information content (AvgIpc) is 2.25. The van der Waals surface area contributed by atoms with E-state index in [1.54, 1.807) is 7.05 Å². The van der Waals surface area contributed by atoms with Crippen LogP contribution in [0.5, 0.6) is 0 Å². The summed E-state index contributed by atoms with van der Waals surface area (Å²) < 4.78 is 13.3.